The first kappa shape index (κ1) is 11.3. The molecule has 0 N–H and O–H groups in total. The van der Waals surface area contributed by atoms with Gasteiger partial charge in [0.1, 0.15) is 0 Å². The summed E-state index contributed by atoms with van der Waals surface area (Å²) in [5.74, 6) is -0.106. The fourth-order valence-electron chi connectivity index (χ4n) is 1.02. The van der Waals surface area contributed by atoms with E-state index in [0.717, 1.165) is 6.20 Å². The molecule has 0 spiro atoms. The molecule has 6 heteroatoms. The zero-order chi connectivity index (χ0) is 10.7. The standard InChI is InChI=1S/C8H5Cl2F2NO/c9-1-6-4(3-14)7(8(11)12)5(10)2-13-6/h2-3,8H,1H2. The highest BCUT2D eigenvalue weighted by Crippen LogP contribution is 2.30. The molecule has 0 saturated heterocycles. The van der Waals surface area contributed by atoms with Crippen molar-refractivity contribution in [3.63, 3.8) is 0 Å². The van der Waals surface area contributed by atoms with Crippen molar-refractivity contribution in [3.8, 4) is 0 Å². The Morgan fingerprint density at radius 1 is 1.57 bits per heavy atom. The van der Waals surface area contributed by atoms with Crippen LogP contribution in [0.3, 0.4) is 0 Å². The van der Waals surface area contributed by atoms with Gasteiger partial charge in [0.15, 0.2) is 6.29 Å². The second-order valence-electron chi connectivity index (χ2n) is 2.43. The van der Waals surface area contributed by atoms with E-state index in [1.54, 1.807) is 0 Å². The third-order valence-corrected chi connectivity index (χ3v) is 2.21. The van der Waals surface area contributed by atoms with Crippen LogP contribution in [0.2, 0.25) is 5.02 Å². The monoisotopic (exact) mass is 239 g/mol. The lowest BCUT2D eigenvalue weighted by atomic mass is 10.1. The average Bonchev–Trinajstić information content (AvgIpc) is 2.16. The van der Waals surface area contributed by atoms with Crippen molar-refractivity contribution >= 4 is 29.5 Å². The van der Waals surface area contributed by atoms with Crippen LogP contribution in [0.25, 0.3) is 0 Å². The predicted molar refractivity (Wildman–Crippen MR) is 49.1 cm³/mol. The topological polar surface area (TPSA) is 30.0 Å². The van der Waals surface area contributed by atoms with Gasteiger partial charge in [0.2, 0.25) is 0 Å². The van der Waals surface area contributed by atoms with Crippen molar-refractivity contribution < 1.29 is 13.6 Å². The molecule has 1 aromatic heterocycles. The van der Waals surface area contributed by atoms with E-state index >= 15 is 0 Å². The first-order valence-electron chi connectivity index (χ1n) is 3.58. The Balaban J connectivity index is 3.42. The van der Waals surface area contributed by atoms with E-state index in [1.807, 2.05) is 0 Å². The molecule has 0 radical (unpaired) electrons. The summed E-state index contributed by atoms with van der Waals surface area (Å²) in [7, 11) is 0. The number of hydrogen-bond acceptors (Lipinski definition) is 2. The lowest BCUT2D eigenvalue weighted by Crippen LogP contribution is -2.02. The Morgan fingerprint density at radius 2 is 2.21 bits per heavy atom. The van der Waals surface area contributed by atoms with Crippen LogP contribution in [-0.2, 0) is 5.88 Å². The zero-order valence-corrected chi connectivity index (χ0v) is 8.32. The predicted octanol–water partition coefficient (Wildman–Crippen LogP) is 3.22. The summed E-state index contributed by atoms with van der Waals surface area (Å²) in [5, 5.41) is -0.226. The van der Waals surface area contributed by atoms with Crippen molar-refractivity contribution in [1.29, 1.82) is 0 Å². The maximum Gasteiger partial charge on any atom is 0.266 e. The largest absolute Gasteiger partial charge is 0.298 e. The summed E-state index contributed by atoms with van der Waals surface area (Å²) in [5.41, 5.74) is -0.615. The molecule has 0 atom stereocenters. The number of alkyl halides is 3. The fourth-order valence-corrected chi connectivity index (χ4v) is 1.46. The van der Waals surface area contributed by atoms with Gasteiger partial charge in [0.25, 0.3) is 6.43 Å². The highest BCUT2D eigenvalue weighted by molar-refractivity contribution is 6.31. The van der Waals surface area contributed by atoms with Gasteiger partial charge in [0, 0.05) is 11.8 Å². The smallest absolute Gasteiger partial charge is 0.266 e. The SMILES string of the molecule is O=Cc1c(CCl)ncc(Cl)c1C(F)F. The van der Waals surface area contributed by atoms with Crippen LogP contribution in [0.1, 0.15) is 28.0 Å². The van der Waals surface area contributed by atoms with Crippen molar-refractivity contribution in [2.45, 2.75) is 12.3 Å². The molecule has 0 aliphatic heterocycles. The Hall–Kier alpha value is -0.740. The van der Waals surface area contributed by atoms with Gasteiger partial charge in [0.05, 0.1) is 22.2 Å². The van der Waals surface area contributed by atoms with Crippen LogP contribution in [-0.4, -0.2) is 11.3 Å². The van der Waals surface area contributed by atoms with Gasteiger partial charge in [-0.05, 0) is 0 Å². The molecular weight excluding hydrogens is 235 g/mol. The molecule has 0 fully saturated rings. The van der Waals surface area contributed by atoms with E-state index in [9.17, 15) is 13.6 Å². The molecule has 76 valence electrons. The molecule has 0 saturated carbocycles. The quantitative estimate of drug-likeness (QED) is 0.599. The first-order valence-corrected chi connectivity index (χ1v) is 4.49. The van der Waals surface area contributed by atoms with E-state index in [0.29, 0.717) is 0 Å². The number of rotatable bonds is 3. The van der Waals surface area contributed by atoms with Gasteiger partial charge in [-0.15, -0.1) is 11.6 Å². The summed E-state index contributed by atoms with van der Waals surface area (Å²) in [6, 6.07) is 0. The number of halogens is 4. The Bertz CT molecular complexity index is 357. The van der Waals surface area contributed by atoms with E-state index in [-0.39, 0.29) is 28.4 Å². The highest BCUT2D eigenvalue weighted by Gasteiger charge is 2.20. The Kier molecular flexibility index (Phi) is 3.77. The molecule has 0 bridgehead atoms. The van der Waals surface area contributed by atoms with Crippen LogP contribution in [0, 0.1) is 0 Å². The zero-order valence-electron chi connectivity index (χ0n) is 6.81. The maximum atomic E-state index is 12.5. The summed E-state index contributed by atoms with van der Waals surface area (Å²) in [6.45, 7) is 0. The van der Waals surface area contributed by atoms with Gasteiger partial charge in [-0.1, -0.05) is 11.6 Å². The minimum Gasteiger partial charge on any atom is -0.298 e. The second kappa shape index (κ2) is 4.66. The number of hydrogen-bond donors (Lipinski definition) is 0. The molecule has 1 rings (SSSR count). The fraction of sp³-hybridized carbons (Fsp3) is 0.250. The van der Waals surface area contributed by atoms with Crippen molar-refractivity contribution in [3.05, 3.63) is 28.0 Å². The third-order valence-electron chi connectivity index (χ3n) is 1.65. The number of aromatic nitrogens is 1. The van der Waals surface area contributed by atoms with Gasteiger partial charge < -0.3 is 0 Å². The molecule has 0 aromatic carbocycles. The van der Waals surface area contributed by atoms with Crippen LogP contribution >= 0.6 is 23.2 Å². The molecule has 0 unspecified atom stereocenters. The van der Waals surface area contributed by atoms with Gasteiger partial charge in [-0.25, -0.2) is 8.78 Å². The van der Waals surface area contributed by atoms with Crippen LogP contribution < -0.4 is 0 Å². The molecule has 0 aliphatic rings. The lowest BCUT2D eigenvalue weighted by molar-refractivity contribution is 0.110. The van der Waals surface area contributed by atoms with E-state index in [1.165, 1.54) is 0 Å². The van der Waals surface area contributed by atoms with Crippen molar-refractivity contribution in [2.75, 3.05) is 0 Å². The van der Waals surface area contributed by atoms with E-state index < -0.39 is 12.0 Å². The number of carbonyl (C=O) groups is 1. The molecule has 0 amide bonds. The van der Waals surface area contributed by atoms with Gasteiger partial charge in [-0.2, -0.15) is 0 Å². The number of pyridine rings is 1. The van der Waals surface area contributed by atoms with Crippen molar-refractivity contribution in [2.24, 2.45) is 0 Å². The molecule has 1 heterocycles. The average molecular weight is 240 g/mol. The van der Waals surface area contributed by atoms with E-state index in [4.69, 9.17) is 23.2 Å². The molecule has 1 aromatic rings. The second-order valence-corrected chi connectivity index (χ2v) is 3.11. The molecule has 0 aliphatic carbocycles. The summed E-state index contributed by atoms with van der Waals surface area (Å²) in [4.78, 5) is 14.3. The minimum atomic E-state index is -2.81. The van der Waals surface area contributed by atoms with Crippen LogP contribution in [0.5, 0.6) is 0 Å². The number of carbonyl (C=O) groups excluding carboxylic acids is 1. The number of aldehydes is 1. The summed E-state index contributed by atoms with van der Waals surface area (Å²) in [6.07, 6.45) is -1.46. The molecule has 14 heavy (non-hydrogen) atoms. The third kappa shape index (κ3) is 2.01. The highest BCUT2D eigenvalue weighted by atomic mass is 35.5. The van der Waals surface area contributed by atoms with Crippen LogP contribution in [0.4, 0.5) is 8.78 Å². The minimum absolute atomic E-state index is 0.106. The number of nitrogens with zero attached hydrogens (tertiary/aromatic N) is 1. The van der Waals surface area contributed by atoms with Crippen molar-refractivity contribution in [1.82, 2.24) is 4.98 Å². The first-order chi connectivity index (χ1) is 6.61. The molecule has 2 nitrogen and oxygen atoms in total. The Morgan fingerprint density at radius 3 is 2.64 bits per heavy atom. The van der Waals surface area contributed by atoms with Crippen LogP contribution in [0.15, 0.2) is 6.20 Å². The molecular formula is C8H5Cl2F2NO. The lowest BCUT2D eigenvalue weighted by Gasteiger charge is -2.08. The summed E-state index contributed by atoms with van der Waals surface area (Å²) < 4.78 is 25.0. The van der Waals surface area contributed by atoms with Gasteiger partial charge >= 0.3 is 0 Å². The van der Waals surface area contributed by atoms with Gasteiger partial charge in [-0.3, -0.25) is 9.78 Å². The maximum absolute atomic E-state index is 12.5. The van der Waals surface area contributed by atoms with E-state index in [2.05, 4.69) is 4.98 Å². The normalized spacial score (nSPS) is 10.6. The summed E-state index contributed by atoms with van der Waals surface area (Å²) >= 11 is 10.9. The Labute approximate surface area is 88.8 Å².